The van der Waals surface area contributed by atoms with Gasteiger partial charge in [-0.1, -0.05) is 0 Å². The Morgan fingerprint density at radius 1 is 1.42 bits per heavy atom. The Morgan fingerprint density at radius 2 is 2.00 bits per heavy atom. The predicted molar refractivity (Wildman–Crippen MR) is 48.1 cm³/mol. The first-order valence-electron chi connectivity index (χ1n) is 3.28. The summed E-state index contributed by atoms with van der Waals surface area (Å²) in [5.74, 6) is -0.253. The van der Waals surface area contributed by atoms with Gasteiger partial charge in [0.25, 0.3) is 0 Å². The van der Waals surface area contributed by atoms with Crippen molar-refractivity contribution in [2.75, 3.05) is 0 Å². The summed E-state index contributed by atoms with van der Waals surface area (Å²) in [5, 5.41) is 8.60. The molecule has 0 aliphatic carbocycles. The van der Waals surface area contributed by atoms with E-state index in [1.165, 1.54) is 12.1 Å². The van der Waals surface area contributed by atoms with Crippen molar-refractivity contribution >= 4 is 32.6 Å². The fraction of sp³-hybridized carbons (Fsp3) is 0.125. The van der Waals surface area contributed by atoms with E-state index in [9.17, 15) is 4.39 Å². The molecule has 1 rings (SSSR count). The summed E-state index contributed by atoms with van der Waals surface area (Å²) in [4.78, 5) is 0. The molecule has 0 fully saturated rings. The van der Waals surface area contributed by atoms with Crippen LogP contribution in [-0.2, 0) is 0 Å². The summed E-state index contributed by atoms with van der Waals surface area (Å²) in [6, 6.07) is 8.28. The topological polar surface area (TPSA) is 23.8 Å². The molecule has 0 heterocycles. The van der Waals surface area contributed by atoms with E-state index in [1.54, 1.807) is 20.4 Å². The fourth-order valence-corrected chi connectivity index (χ4v) is 3.74. The second-order valence-corrected chi connectivity index (χ2v) is 6.11. The van der Waals surface area contributed by atoms with Crippen molar-refractivity contribution in [3.8, 4) is 6.07 Å². The summed E-state index contributed by atoms with van der Waals surface area (Å²) in [5.41, 5.74) is 0.895. The Balaban J connectivity index is 2.89. The van der Waals surface area contributed by atoms with Gasteiger partial charge in [-0.25, -0.2) is 0 Å². The molecule has 1 nitrogen and oxygen atoms in total. The molecule has 1 aromatic rings. The van der Waals surface area contributed by atoms with Gasteiger partial charge in [0.1, 0.15) is 0 Å². The van der Waals surface area contributed by atoms with Crippen LogP contribution in [0.3, 0.4) is 0 Å². The first-order valence-corrected chi connectivity index (χ1v) is 9.72. The van der Waals surface area contributed by atoms with Crippen LogP contribution in [0.4, 0.5) is 4.39 Å². The molecule has 0 spiro atoms. The number of rotatable bonds is 2. The van der Waals surface area contributed by atoms with Crippen LogP contribution in [0, 0.1) is 17.1 Å². The predicted octanol–water partition coefficient (Wildman–Crippen LogP) is 2.21. The van der Waals surface area contributed by atoms with Gasteiger partial charge in [0.05, 0.1) is 0 Å². The SMILES string of the molecule is N#CC([S][Tl])c1ccc(F)cc1. The Hall–Kier alpha value is -0.0879. The third kappa shape index (κ3) is 2.45. The third-order valence-electron chi connectivity index (χ3n) is 1.43. The molecule has 0 amide bonds. The molecule has 0 bridgehead atoms. The van der Waals surface area contributed by atoms with Gasteiger partial charge >= 0.3 is 89.2 Å². The van der Waals surface area contributed by atoms with E-state index in [0.29, 0.717) is 0 Å². The molecule has 1 atom stereocenters. The van der Waals surface area contributed by atoms with E-state index in [0.717, 1.165) is 29.8 Å². The van der Waals surface area contributed by atoms with E-state index >= 15 is 0 Å². The molecule has 4 heteroatoms. The van der Waals surface area contributed by atoms with Crippen molar-refractivity contribution in [1.29, 1.82) is 5.26 Å². The van der Waals surface area contributed by atoms with Gasteiger partial charge in [-0.2, -0.15) is 0 Å². The van der Waals surface area contributed by atoms with E-state index < -0.39 is 0 Å². The molecule has 58 valence electrons. The van der Waals surface area contributed by atoms with E-state index in [2.05, 4.69) is 6.07 Å². The Kier molecular flexibility index (Phi) is 4.02. The first-order chi connectivity index (χ1) is 5.77. The minimum absolute atomic E-state index is 0.115. The zero-order valence-electron chi connectivity index (χ0n) is 6.20. The summed E-state index contributed by atoms with van der Waals surface area (Å²) >= 11 is 0.727. The molecular weight excluding hydrogens is 366 g/mol. The van der Waals surface area contributed by atoms with Gasteiger partial charge in [0, 0.05) is 0 Å². The quantitative estimate of drug-likeness (QED) is 0.746. The van der Waals surface area contributed by atoms with Crippen molar-refractivity contribution in [3.63, 3.8) is 0 Å². The van der Waals surface area contributed by atoms with Crippen LogP contribution in [0.2, 0.25) is 0 Å². The van der Waals surface area contributed by atoms with Crippen LogP contribution in [0.25, 0.3) is 0 Å². The Morgan fingerprint density at radius 3 is 2.42 bits per heavy atom. The number of nitrogens with zero attached hydrogens (tertiary/aromatic N) is 1. The number of hydrogen-bond acceptors (Lipinski definition) is 2. The molecule has 0 saturated carbocycles. The van der Waals surface area contributed by atoms with Crippen molar-refractivity contribution in [1.82, 2.24) is 0 Å². The number of hydrogen-bond donors (Lipinski definition) is 0. The molecule has 0 aliphatic rings. The standard InChI is InChI=1S/C8H6FNS.Tl/c9-7-3-1-6(2-4-7)8(11)5-10;/h1-4,8,11H;/q;+1/p-1. The van der Waals surface area contributed by atoms with Gasteiger partial charge in [0.2, 0.25) is 0 Å². The molecule has 1 aromatic carbocycles. The van der Waals surface area contributed by atoms with Gasteiger partial charge in [-0.05, 0) is 0 Å². The average Bonchev–Trinajstić information content (AvgIpc) is 2.10. The van der Waals surface area contributed by atoms with E-state index in [4.69, 9.17) is 5.26 Å². The van der Waals surface area contributed by atoms with Crippen molar-refractivity contribution in [2.45, 2.75) is 5.25 Å². The van der Waals surface area contributed by atoms with Crippen LogP contribution in [-0.4, -0.2) is 24.3 Å². The molecule has 0 saturated heterocycles. The molecule has 1 unspecified atom stereocenters. The second-order valence-electron chi connectivity index (χ2n) is 2.20. The summed E-state index contributed by atoms with van der Waals surface area (Å²) in [6.45, 7) is 0. The number of nitriles is 1. The number of halogens is 1. The van der Waals surface area contributed by atoms with Crippen LogP contribution >= 0.6 is 8.31 Å². The van der Waals surface area contributed by atoms with E-state index in [-0.39, 0.29) is 11.1 Å². The summed E-state index contributed by atoms with van der Waals surface area (Å²) < 4.78 is 12.5. The zero-order valence-corrected chi connectivity index (χ0v) is 11.5. The number of benzene rings is 1. The fourth-order valence-electron chi connectivity index (χ4n) is 0.821. The molecule has 0 aromatic heterocycles. The van der Waals surface area contributed by atoms with Gasteiger partial charge in [-0.3, -0.25) is 0 Å². The molecule has 0 N–H and O–H groups in total. The maximum atomic E-state index is 12.5. The zero-order chi connectivity index (χ0) is 8.97. The molecule has 0 aliphatic heterocycles. The van der Waals surface area contributed by atoms with Gasteiger partial charge in [0.15, 0.2) is 0 Å². The van der Waals surface area contributed by atoms with Gasteiger partial charge < -0.3 is 0 Å². The van der Waals surface area contributed by atoms with Crippen LogP contribution in [0.5, 0.6) is 0 Å². The molecular formula is C8H5FNSTl. The van der Waals surface area contributed by atoms with Crippen LogP contribution in [0.15, 0.2) is 24.3 Å². The van der Waals surface area contributed by atoms with E-state index in [1.807, 2.05) is 0 Å². The summed E-state index contributed by atoms with van der Waals surface area (Å²) in [7, 11) is 1.61. The monoisotopic (exact) mass is 371 g/mol. The normalized spacial score (nSPS) is 11.9. The van der Waals surface area contributed by atoms with Crippen molar-refractivity contribution < 1.29 is 4.39 Å². The minimum atomic E-state index is -0.253. The van der Waals surface area contributed by atoms with Crippen LogP contribution in [0.1, 0.15) is 10.8 Å². The Labute approximate surface area is 88.8 Å². The van der Waals surface area contributed by atoms with Crippen molar-refractivity contribution in [3.05, 3.63) is 35.6 Å². The maximum absolute atomic E-state index is 12.5. The first kappa shape index (κ1) is 10.00. The summed E-state index contributed by atoms with van der Waals surface area (Å²) in [6.07, 6.45) is 0. The second kappa shape index (κ2) is 4.82. The van der Waals surface area contributed by atoms with Crippen molar-refractivity contribution in [2.24, 2.45) is 0 Å². The van der Waals surface area contributed by atoms with Crippen LogP contribution < -0.4 is 0 Å². The molecule has 12 heavy (non-hydrogen) atoms. The Bertz CT molecular complexity index is 293. The van der Waals surface area contributed by atoms with Gasteiger partial charge in [-0.15, -0.1) is 0 Å². The third-order valence-corrected chi connectivity index (χ3v) is 5.25. The molecule has 0 radical (unpaired) electrons. The average molecular weight is 371 g/mol.